The summed E-state index contributed by atoms with van der Waals surface area (Å²) in [6.07, 6.45) is 4.89. The smallest absolute Gasteiger partial charge is 0.276 e. The first kappa shape index (κ1) is 11.6. The normalized spacial score (nSPS) is 10.2. The lowest BCUT2D eigenvalue weighted by Crippen LogP contribution is -1.99. The molecule has 0 saturated carbocycles. The van der Waals surface area contributed by atoms with E-state index in [1.54, 1.807) is 24.7 Å². The third-order valence-electron chi connectivity index (χ3n) is 2.08. The second kappa shape index (κ2) is 4.97. The van der Waals surface area contributed by atoms with Crippen molar-refractivity contribution in [3.63, 3.8) is 0 Å². The summed E-state index contributed by atoms with van der Waals surface area (Å²) < 4.78 is 6.80. The number of halogens is 1. The van der Waals surface area contributed by atoms with Crippen LogP contribution in [0.1, 0.15) is 17.4 Å². The van der Waals surface area contributed by atoms with Gasteiger partial charge in [-0.15, -0.1) is 0 Å². The number of hydrogen-bond acceptors (Lipinski definition) is 4. The van der Waals surface area contributed by atoms with Gasteiger partial charge in [-0.05, 0) is 30.7 Å². The summed E-state index contributed by atoms with van der Waals surface area (Å²) >= 11 is 5.43. The molecular weight excluding hydrogens is 242 g/mol. The topological polar surface area (TPSA) is 57.0 Å². The van der Waals surface area contributed by atoms with E-state index in [2.05, 4.69) is 10.1 Å². The van der Waals surface area contributed by atoms with Gasteiger partial charge in [-0.3, -0.25) is 9.78 Å². The Hall–Kier alpha value is -1.88. The van der Waals surface area contributed by atoms with Crippen molar-refractivity contribution in [1.82, 2.24) is 14.8 Å². The molecule has 0 aliphatic heterocycles. The van der Waals surface area contributed by atoms with Gasteiger partial charge in [0.05, 0.1) is 24.7 Å². The summed E-state index contributed by atoms with van der Waals surface area (Å²) in [5, 5.41) is 3.43. The zero-order valence-corrected chi connectivity index (χ0v) is 9.89. The Kier molecular flexibility index (Phi) is 3.39. The molecule has 17 heavy (non-hydrogen) atoms. The minimum Gasteiger partial charge on any atom is -0.490 e. The van der Waals surface area contributed by atoms with E-state index in [4.69, 9.17) is 16.3 Å². The van der Waals surface area contributed by atoms with Crippen LogP contribution in [0.5, 0.6) is 5.75 Å². The zero-order valence-electron chi connectivity index (χ0n) is 9.13. The van der Waals surface area contributed by atoms with Crippen molar-refractivity contribution < 1.29 is 9.53 Å². The molecule has 0 aliphatic rings. The van der Waals surface area contributed by atoms with Gasteiger partial charge in [-0.2, -0.15) is 5.10 Å². The van der Waals surface area contributed by atoms with Crippen LogP contribution >= 0.6 is 11.6 Å². The van der Waals surface area contributed by atoms with E-state index in [0.29, 0.717) is 12.4 Å². The Morgan fingerprint density at radius 1 is 1.59 bits per heavy atom. The van der Waals surface area contributed by atoms with Crippen molar-refractivity contribution in [2.45, 2.75) is 6.92 Å². The average Bonchev–Trinajstić information content (AvgIpc) is 2.75. The summed E-state index contributed by atoms with van der Waals surface area (Å²) in [6, 6.07) is 3.60. The van der Waals surface area contributed by atoms with Crippen molar-refractivity contribution in [3.05, 3.63) is 36.4 Å². The molecule has 0 atom stereocenters. The van der Waals surface area contributed by atoms with Crippen molar-refractivity contribution >= 4 is 16.8 Å². The monoisotopic (exact) mass is 251 g/mol. The fourth-order valence-corrected chi connectivity index (χ4v) is 1.51. The number of carbonyl (C=O) groups is 1. The highest BCUT2D eigenvalue weighted by molar-refractivity contribution is 6.67. The standard InChI is InChI=1S/C11H10ClN3O2/c1-2-17-9-7-15(14-10(9)11(12)16)8-4-3-5-13-6-8/h3-7H,2H2,1H3. The lowest BCUT2D eigenvalue weighted by molar-refractivity contribution is 0.107. The molecule has 2 aromatic heterocycles. The van der Waals surface area contributed by atoms with E-state index in [9.17, 15) is 4.79 Å². The second-order valence-corrected chi connectivity index (χ2v) is 3.55. The van der Waals surface area contributed by atoms with Crippen LogP contribution in [0.15, 0.2) is 30.7 Å². The first-order valence-electron chi connectivity index (χ1n) is 5.05. The summed E-state index contributed by atoms with van der Waals surface area (Å²) in [5.74, 6) is 0.372. The second-order valence-electron chi connectivity index (χ2n) is 3.20. The molecule has 0 radical (unpaired) electrons. The predicted molar refractivity (Wildman–Crippen MR) is 62.7 cm³/mol. The molecule has 2 heterocycles. The first-order chi connectivity index (χ1) is 8.22. The van der Waals surface area contributed by atoms with Crippen LogP contribution in [0.2, 0.25) is 0 Å². The molecule has 2 aromatic rings. The van der Waals surface area contributed by atoms with Crippen LogP contribution in [0, 0.1) is 0 Å². The zero-order chi connectivity index (χ0) is 12.3. The molecule has 0 bridgehead atoms. The highest BCUT2D eigenvalue weighted by Crippen LogP contribution is 2.21. The quantitative estimate of drug-likeness (QED) is 0.781. The van der Waals surface area contributed by atoms with E-state index in [0.717, 1.165) is 5.69 Å². The third kappa shape index (κ3) is 2.45. The van der Waals surface area contributed by atoms with E-state index < -0.39 is 5.24 Å². The van der Waals surface area contributed by atoms with Gasteiger partial charge in [0.25, 0.3) is 5.24 Å². The number of pyridine rings is 1. The van der Waals surface area contributed by atoms with Gasteiger partial charge in [-0.25, -0.2) is 4.68 Å². The molecule has 0 amide bonds. The molecule has 0 unspecified atom stereocenters. The largest absolute Gasteiger partial charge is 0.490 e. The Morgan fingerprint density at radius 2 is 2.41 bits per heavy atom. The Bertz CT molecular complexity index is 525. The third-order valence-corrected chi connectivity index (χ3v) is 2.26. The highest BCUT2D eigenvalue weighted by Gasteiger charge is 2.16. The lowest BCUT2D eigenvalue weighted by Gasteiger charge is -1.98. The summed E-state index contributed by atoms with van der Waals surface area (Å²) in [4.78, 5) is 15.2. The number of nitrogens with zero attached hydrogens (tertiary/aromatic N) is 3. The molecule has 5 nitrogen and oxygen atoms in total. The molecule has 0 N–H and O–H groups in total. The van der Waals surface area contributed by atoms with E-state index in [1.165, 1.54) is 4.68 Å². The van der Waals surface area contributed by atoms with E-state index in [-0.39, 0.29) is 5.69 Å². The fraction of sp³-hybridized carbons (Fsp3) is 0.182. The highest BCUT2D eigenvalue weighted by atomic mass is 35.5. The number of aromatic nitrogens is 3. The number of rotatable bonds is 4. The number of carbonyl (C=O) groups excluding carboxylic acids is 1. The average molecular weight is 252 g/mol. The lowest BCUT2D eigenvalue weighted by atomic mass is 10.4. The van der Waals surface area contributed by atoms with Crippen molar-refractivity contribution in [2.75, 3.05) is 6.61 Å². The van der Waals surface area contributed by atoms with Crippen LogP contribution in [-0.2, 0) is 0 Å². The Morgan fingerprint density at radius 3 is 3.00 bits per heavy atom. The van der Waals surface area contributed by atoms with Gasteiger partial charge in [0.2, 0.25) is 0 Å². The molecule has 0 aliphatic carbocycles. The molecule has 0 saturated heterocycles. The maximum Gasteiger partial charge on any atom is 0.276 e. The minimum absolute atomic E-state index is 0.109. The van der Waals surface area contributed by atoms with Crippen LogP contribution in [0.3, 0.4) is 0 Å². The number of hydrogen-bond donors (Lipinski definition) is 0. The van der Waals surface area contributed by atoms with Crippen molar-refractivity contribution in [1.29, 1.82) is 0 Å². The SMILES string of the molecule is CCOc1cn(-c2cccnc2)nc1C(=O)Cl. The van der Waals surface area contributed by atoms with Gasteiger partial charge in [0.15, 0.2) is 11.4 Å². The summed E-state index contributed by atoms with van der Waals surface area (Å²) in [5.41, 5.74) is 0.843. The molecule has 88 valence electrons. The van der Waals surface area contributed by atoms with E-state index >= 15 is 0 Å². The predicted octanol–water partition coefficient (Wildman–Crippen LogP) is 2.04. The molecular formula is C11H10ClN3O2. The van der Waals surface area contributed by atoms with Gasteiger partial charge in [0.1, 0.15) is 0 Å². The Labute approximate surface area is 103 Å². The van der Waals surface area contributed by atoms with Gasteiger partial charge in [0, 0.05) is 6.20 Å². The molecule has 6 heteroatoms. The maximum absolute atomic E-state index is 11.2. The first-order valence-corrected chi connectivity index (χ1v) is 5.43. The van der Waals surface area contributed by atoms with Gasteiger partial charge in [-0.1, -0.05) is 0 Å². The van der Waals surface area contributed by atoms with Crippen LogP contribution in [0.4, 0.5) is 0 Å². The van der Waals surface area contributed by atoms with Crippen molar-refractivity contribution in [2.24, 2.45) is 0 Å². The van der Waals surface area contributed by atoms with Gasteiger partial charge < -0.3 is 4.74 Å². The van der Waals surface area contributed by atoms with E-state index in [1.807, 2.05) is 13.0 Å². The summed E-state index contributed by atoms with van der Waals surface area (Å²) in [6.45, 7) is 2.26. The van der Waals surface area contributed by atoms with Crippen LogP contribution in [0.25, 0.3) is 5.69 Å². The van der Waals surface area contributed by atoms with Crippen LogP contribution in [-0.4, -0.2) is 26.6 Å². The minimum atomic E-state index is -0.643. The molecule has 0 aromatic carbocycles. The van der Waals surface area contributed by atoms with Gasteiger partial charge >= 0.3 is 0 Å². The molecule has 0 fully saturated rings. The molecule has 0 spiro atoms. The maximum atomic E-state index is 11.2. The fourth-order valence-electron chi connectivity index (χ4n) is 1.38. The number of ether oxygens (including phenoxy) is 1. The summed E-state index contributed by atoms with van der Waals surface area (Å²) in [7, 11) is 0. The molecule has 2 rings (SSSR count). The van der Waals surface area contributed by atoms with Crippen molar-refractivity contribution in [3.8, 4) is 11.4 Å². The Balaban J connectivity index is 2.44. The van der Waals surface area contributed by atoms with Crippen LogP contribution < -0.4 is 4.74 Å².